The van der Waals surface area contributed by atoms with Gasteiger partial charge in [0.25, 0.3) is 0 Å². The average molecular weight is 243 g/mol. The first kappa shape index (κ1) is 12.4. The molecule has 1 N–H and O–H groups in total. The molecule has 1 aromatic rings. The van der Waals surface area contributed by atoms with Crippen molar-refractivity contribution >= 4 is 11.6 Å². The molecule has 94 valence electrons. The Kier molecular flexibility index (Phi) is 3.52. The minimum atomic E-state index is -0.237. The summed E-state index contributed by atoms with van der Waals surface area (Å²) in [4.78, 5) is 13.8. The van der Waals surface area contributed by atoms with Gasteiger partial charge in [-0.25, -0.2) is 0 Å². The lowest BCUT2D eigenvalue weighted by Gasteiger charge is -2.26. The van der Waals surface area contributed by atoms with E-state index in [1.165, 1.54) is 0 Å². The summed E-state index contributed by atoms with van der Waals surface area (Å²) >= 11 is 0. The average Bonchev–Trinajstić information content (AvgIpc) is 3.20. The van der Waals surface area contributed by atoms with Gasteiger partial charge in [-0.2, -0.15) is 5.26 Å². The molecule has 1 atom stereocenters. The molecule has 0 bridgehead atoms. The Morgan fingerprint density at radius 2 is 2.28 bits per heavy atom. The Morgan fingerprint density at radius 3 is 2.89 bits per heavy atom. The van der Waals surface area contributed by atoms with Crippen molar-refractivity contribution in [2.45, 2.75) is 31.8 Å². The lowest BCUT2D eigenvalue weighted by molar-refractivity contribution is -0.122. The number of hydrogen-bond donors (Lipinski definition) is 1. The van der Waals surface area contributed by atoms with E-state index in [9.17, 15) is 4.79 Å². The Balaban J connectivity index is 2.06. The normalized spacial score (nSPS) is 15.6. The Bertz CT molecular complexity index is 488. The van der Waals surface area contributed by atoms with Crippen molar-refractivity contribution in [1.29, 1.82) is 5.26 Å². The molecule has 4 heteroatoms. The molecule has 1 aliphatic rings. The fourth-order valence-electron chi connectivity index (χ4n) is 1.74. The van der Waals surface area contributed by atoms with Crippen molar-refractivity contribution < 1.29 is 4.79 Å². The molecule has 0 aromatic heterocycles. The summed E-state index contributed by atoms with van der Waals surface area (Å²) in [5.41, 5.74) is 1.49. The number of carbonyl (C=O) groups is 1. The summed E-state index contributed by atoms with van der Waals surface area (Å²) in [5.74, 6) is 0.0439. The standard InChI is InChI=1S/C14H17N3O/c1-10(14(18)16-12-6-7-12)17(2)13-5-3-4-11(8-13)9-15/h3-5,8,10,12H,6-7H2,1-2H3,(H,16,18). The lowest BCUT2D eigenvalue weighted by atomic mass is 10.1. The maximum atomic E-state index is 11.9. The fraction of sp³-hybridized carbons (Fsp3) is 0.429. The summed E-state index contributed by atoms with van der Waals surface area (Å²) in [7, 11) is 1.87. The maximum Gasteiger partial charge on any atom is 0.242 e. The topological polar surface area (TPSA) is 56.1 Å². The first-order valence-electron chi connectivity index (χ1n) is 6.15. The van der Waals surface area contributed by atoms with Crippen LogP contribution in [0.1, 0.15) is 25.3 Å². The van der Waals surface area contributed by atoms with E-state index in [4.69, 9.17) is 5.26 Å². The third kappa shape index (κ3) is 2.80. The van der Waals surface area contributed by atoms with Gasteiger partial charge in [0.2, 0.25) is 5.91 Å². The Hall–Kier alpha value is -2.02. The second-order valence-electron chi connectivity index (χ2n) is 4.73. The molecule has 0 heterocycles. The monoisotopic (exact) mass is 243 g/mol. The van der Waals surface area contributed by atoms with E-state index in [1.54, 1.807) is 12.1 Å². The number of nitrogens with one attached hydrogen (secondary N) is 1. The Morgan fingerprint density at radius 1 is 1.56 bits per heavy atom. The highest BCUT2D eigenvalue weighted by atomic mass is 16.2. The van der Waals surface area contributed by atoms with Crippen molar-refractivity contribution in [3.63, 3.8) is 0 Å². The van der Waals surface area contributed by atoms with Crippen LogP contribution in [0.3, 0.4) is 0 Å². The highest BCUT2D eigenvalue weighted by molar-refractivity contribution is 5.85. The molecule has 1 aliphatic carbocycles. The SMILES string of the molecule is CC(C(=O)NC1CC1)N(C)c1cccc(C#N)c1. The van der Waals surface area contributed by atoms with Gasteiger partial charge in [-0.05, 0) is 38.0 Å². The summed E-state index contributed by atoms with van der Waals surface area (Å²) in [6.45, 7) is 1.87. The van der Waals surface area contributed by atoms with Gasteiger partial charge in [-0.1, -0.05) is 6.07 Å². The van der Waals surface area contributed by atoms with E-state index in [-0.39, 0.29) is 11.9 Å². The van der Waals surface area contributed by atoms with Crippen LogP contribution in [0.15, 0.2) is 24.3 Å². The highest BCUT2D eigenvalue weighted by Gasteiger charge is 2.27. The van der Waals surface area contributed by atoms with Crippen LogP contribution in [-0.2, 0) is 4.79 Å². The minimum absolute atomic E-state index is 0.0439. The van der Waals surface area contributed by atoms with Gasteiger partial charge in [-0.3, -0.25) is 4.79 Å². The second kappa shape index (κ2) is 5.09. The molecule has 2 rings (SSSR count). The minimum Gasteiger partial charge on any atom is -0.363 e. The van der Waals surface area contributed by atoms with Gasteiger partial charge >= 0.3 is 0 Å². The predicted molar refractivity (Wildman–Crippen MR) is 70.2 cm³/mol. The number of hydrogen-bond acceptors (Lipinski definition) is 3. The molecule has 0 spiro atoms. The van der Waals surface area contributed by atoms with Crippen LogP contribution in [0.4, 0.5) is 5.69 Å². The van der Waals surface area contributed by atoms with Gasteiger partial charge in [0.15, 0.2) is 0 Å². The smallest absolute Gasteiger partial charge is 0.242 e. The number of likely N-dealkylation sites (N-methyl/N-ethyl adjacent to an activating group) is 1. The van der Waals surface area contributed by atoms with Gasteiger partial charge in [0.05, 0.1) is 11.6 Å². The van der Waals surface area contributed by atoms with Crippen LogP contribution >= 0.6 is 0 Å². The molecule has 1 saturated carbocycles. The number of carbonyl (C=O) groups excluding carboxylic acids is 1. The molecule has 1 unspecified atom stereocenters. The van der Waals surface area contributed by atoms with Crippen LogP contribution in [0.25, 0.3) is 0 Å². The molecular weight excluding hydrogens is 226 g/mol. The van der Waals surface area contributed by atoms with Crippen molar-refractivity contribution in [2.75, 3.05) is 11.9 Å². The molecule has 0 aliphatic heterocycles. The van der Waals surface area contributed by atoms with Gasteiger partial charge in [0, 0.05) is 18.8 Å². The maximum absolute atomic E-state index is 11.9. The van der Waals surface area contributed by atoms with E-state index < -0.39 is 0 Å². The number of nitrogens with zero attached hydrogens (tertiary/aromatic N) is 2. The first-order valence-corrected chi connectivity index (χ1v) is 6.15. The van der Waals surface area contributed by atoms with Crippen molar-refractivity contribution in [3.8, 4) is 6.07 Å². The molecule has 1 amide bonds. The fourth-order valence-corrected chi connectivity index (χ4v) is 1.74. The molecule has 0 radical (unpaired) electrons. The third-order valence-electron chi connectivity index (χ3n) is 3.27. The summed E-state index contributed by atoms with van der Waals surface area (Å²) in [6.07, 6.45) is 2.18. The number of anilines is 1. The molecule has 1 fully saturated rings. The predicted octanol–water partition coefficient (Wildman–Crippen LogP) is 1.66. The lowest BCUT2D eigenvalue weighted by Crippen LogP contribution is -2.44. The van der Waals surface area contributed by atoms with Crippen molar-refractivity contribution in [1.82, 2.24) is 5.32 Å². The van der Waals surface area contributed by atoms with Gasteiger partial charge in [0.1, 0.15) is 6.04 Å². The number of nitriles is 1. The highest BCUT2D eigenvalue weighted by Crippen LogP contribution is 2.20. The number of amides is 1. The zero-order valence-electron chi connectivity index (χ0n) is 10.7. The summed E-state index contributed by atoms with van der Waals surface area (Å²) in [5, 5.41) is 11.9. The quantitative estimate of drug-likeness (QED) is 0.875. The van der Waals surface area contributed by atoms with Crippen LogP contribution in [0.5, 0.6) is 0 Å². The summed E-state index contributed by atoms with van der Waals surface area (Å²) < 4.78 is 0. The van der Waals surface area contributed by atoms with Crippen LogP contribution in [-0.4, -0.2) is 25.0 Å². The largest absolute Gasteiger partial charge is 0.363 e. The van der Waals surface area contributed by atoms with E-state index in [1.807, 2.05) is 31.0 Å². The molecular formula is C14H17N3O. The first-order chi connectivity index (χ1) is 8.61. The van der Waals surface area contributed by atoms with E-state index in [0.29, 0.717) is 11.6 Å². The zero-order chi connectivity index (χ0) is 13.1. The number of rotatable bonds is 4. The third-order valence-corrected chi connectivity index (χ3v) is 3.27. The number of benzene rings is 1. The second-order valence-corrected chi connectivity index (χ2v) is 4.73. The summed E-state index contributed by atoms with van der Waals surface area (Å²) in [6, 6.07) is 9.53. The van der Waals surface area contributed by atoms with Gasteiger partial charge < -0.3 is 10.2 Å². The molecule has 1 aromatic carbocycles. The van der Waals surface area contributed by atoms with E-state index >= 15 is 0 Å². The molecule has 18 heavy (non-hydrogen) atoms. The van der Waals surface area contributed by atoms with Crippen LogP contribution in [0.2, 0.25) is 0 Å². The van der Waals surface area contributed by atoms with Crippen LogP contribution < -0.4 is 10.2 Å². The van der Waals surface area contributed by atoms with Gasteiger partial charge in [-0.15, -0.1) is 0 Å². The molecule has 0 saturated heterocycles. The van der Waals surface area contributed by atoms with E-state index in [2.05, 4.69) is 11.4 Å². The molecule has 4 nitrogen and oxygen atoms in total. The van der Waals surface area contributed by atoms with Crippen LogP contribution in [0, 0.1) is 11.3 Å². The van der Waals surface area contributed by atoms with Crippen molar-refractivity contribution in [2.24, 2.45) is 0 Å². The zero-order valence-corrected chi connectivity index (χ0v) is 10.7. The van der Waals surface area contributed by atoms with Crippen molar-refractivity contribution in [3.05, 3.63) is 29.8 Å². The van der Waals surface area contributed by atoms with E-state index in [0.717, 1.165) is 18.5 Å². The Labute approximate surface area is 107 Å².